The Labute approximate surface area is 155 Å². The number of anilines is 2. The summed E-state index contributed by atoms with van der Waals surface area (Å²) in [5.74, 6) is -0.456. The van der Waals surface area contributed by atoms with Crippen molar-refractivity contribution in [2.24, 2.45) is 0 Å². The fraction of sp³-hybridized carbons (Fsp3) is 0.100. The summed E-state index contributed by atoms with van der Waals surface area (Å²) in [7, 11) is 1.48. The van der Waals surface area contributed by atoms with Crippen molar-refractivity contribution in [3.05, 3.63) is 66.2 Å². The van der Waals surface area contributed by atoms with E-state index in [-0.39, 0.29) is 23.0 Å². The summed E-state index contributed by atoms with van der Waals surface area (Å²) in [5, 5.41) is 5.30. The molecule has 2 N–H and O–H groups in total. The molecule has 27 heavy (non-hydrogen) atoms. The molecule has 0 bridgehead atoms. The normalized spacial score (nSPS) is 10.3. The molecule has 6 nitrogen and oxygen atoms in total. The topological polar surface area (TPSA) is 80.6 Å². The number of methoxy groups -OCH3 is 1. The van der Waals surface area contributed by atoms with Crippen LogP contribution in [-0.2, 0) is 4.79 Å². The van der Waals surface area contributed by atoms with Crippen LogP contribution >= 0.6 is 0 Å². The number of benzene rings is 2. The first-order chi connectivity index (χ1) is 13.0. The highest BCUT2D eigenvalue weighted by molar-refractivity contribution is 6.03. The van der Waals surface area contributed by atoms with Crippen LogP contribution in [0.4, 0.5) is 15.8 Å². The third-order valence-corrected chi connectivity index (χ3v) is 3.74. The van der Waals surface area contributed by atoms with E-state index in [0.717, 1.165) is 0 Å². The van der Waals surface area contributed by atoms with E-state index in [2.05, 4.69) is 10.6 Å². The molecule has 138 valence electrons. The molecule has 0 aliphatic heterocycles. The van der Waals surface area contributed by atoms with Crippen molar-refractivity contribution in [3.63, 3.8) is 0 Å². The van der Waals surface area contributed by atoms with Gasteiger partial charge in [-0.25, -0.2) is 4.39 Å². The van der Waals surface area contributed by atoms with Gasteiger partial charge in [0.1, 0.15) is 17.3 Å². The Hall–Kier alpha value is -3.61. The first-order valence-electron chi connectivity index (χ1n) is 8.09. The van der Waals surface area contributed by atoms with Crippen LogP contribution in [0.2, 0.25) is 0 Å². The van der Waals surface area contributed by atoms with Gasteiger partial charge in [0, 0.05) is 12.6 Å². The lowest BCUT2D eigenvalue weighted by Gasteiger charge is -2.11. The second-order valence-corrected chi connectivity index (χ2v) is 5.69. The fourth-order valence-corrected chi connectivity index (χ4v) is 2.53. The van der Waals surface area contributed by atoms with Crippen LogP contribution in [-0.4, -0.2) is 18.9 Å². The molecule has 2 aromatic carbocycles. The molecule has 0 spiro atoms. The number of carbonyl (C=O) groups excluding carboxylic acids is 2. The zero-order valence-electron chi connectivity index (χ0n) is 14.7. The molecular weight excluding hydrogens is 351 g/mol. The molecule has 1 heterocycles. The maximum atomic E-state index is 13.8. The van der Waals surface area contributed by atoms with Gasteiger partial charge in [0.15, 0.2) is 5.76 Å². The Morgan fingerprint density at radius 3 is 2.52 bits per heavy atom. The quantitative estimate of drug-likeness (QED) is 0.703. The minimum absolute atomic E-state index is 0.0325. The second kappa shape index (κ2) is 7.74. The number of ether oxygens (including phenoxy) is 1. The van der Waals surface area contributed by atoms with E-state index in [9.17, 15) is 14.0 Å². The van der Waals surface area contributed by atoms with Gasteiger partial charge in [-0.15, -0.1) is 0 Å². The van der Waals surface area contributed by atoms with Crippen LogP contribution in [0.25, 0.3) is 11.3 Å². The van der Waals surface area contributed by atoms with E-state index in [4.69, 9.17) is 9.15 Å². The van der Waals surface area contributed by atoms with Gasteiger partial charge in [0.25, 0.3) is 5.91 Å². The molecule has 0 saturated carbocycles. The highest BCUT2D eigenvalue weighted by atomic mass is 19.1. The number of halogens is 1. The highest BCUT2D eigenvalue weighted by Gasteiger charge is 2.15. The molecule has 3 rings (SSSR count). The van der Waals surface area contributed by atoms with Crippen LogP contribution in [0.5, 0.6) is 5.75 Å². The second-order valence-electron chi connectivity index (χ2n) is 5.69. The monoisotopic (exact) mass is 368 g/mol. The number of furan rings is 1. The Morgan fingerprint density at radius 2 is 1.81 bits per heavy atom. The number of hydrogen-bond acceptors (Lipinski definition) is 4. The van der Waals surface area contributed by atoms with Crippen molar-refractivity contribution in [2.75, 3.05) is 17.7 Å². The maximum absolute atomic E-state index is 13.8. The largest absolute Gasteiger partial charge is 0.495 e. The zero-order chi connectivity index (χ0) is 19.4. The minimum Gasteiger partial charge on any atom is -0.495 e. The molecule has 1 aromatic heterocycles. The lowest BCUT2D eigenvalue weighted by molar-refractivity contribution is -0.114. The van der Waals surface area contributed by atoms with Gasteiger partial charge < -0.3 is 19.8 Å². The number of amides is 2. The minimum atomic E-state index is -0.503. The average molecular weight is 368 g/mol. The summed E-state index contributed by atoms with van der Waals surface area (Å²) >= 11 is 0. The van der Waals surface area contributed by atoms with E-state index in [0.29, 0.717) is 17.1 Å². The maximum Gasteiger partial charge on any atom is 0.291 e. The first kappa shape index (κ1) is 18.2. The highest BCUT2D eigenvalue weighted by Crippen LogP contribution is 2.29. The van der Waals surface area contributed by atoms with Crippen molar-refractivity contribution >= 4 is 23.2 Å². The van der Waals surface area contributed by atoms with Gasteiger partial charge in [-0.3, -0.25) is 9.59 Å². The van der Waals surface area contributed by atoms with Crippen LogP contribution in [0, 0.1) is 5.82 Å². The van der Waals surface area contributed by atoms with E-state index >= 15 is 0 Å². The first-order valence-corrected chi connectivity index (χ1v) is 8.09. The predicted molar refractivity (Wildman–Crippen MR) is 99.4 cm³/mol. The third kappa shape index (κ3) is 4.14. The van der Waals surface area contributed by atoms with Crippen molar-refractivity contribution in [2.45, 2.75) is 6.92 Å². The number of carbonyl (C=O) groups is 2. The summed E-state index contributed by atoms with van der Waals surface area (Å²) in [5.41, 5.74) is 1.14. The lowest BCUT2D eigenvalue weighted by atomic mass is 10.1. The molecular formula is C20H17FN2O4. The third-order valence-electron chi connectivity index (χ3n) is 3.74. The van der Waals surface area contributed by atoms with E-state index in [1.165, 1.54) is 32.2 Å². The molecule has 0 atom stereocenters. The summed E-state index contributed by atoms with van der Waals surface area (Å²) in [6.07, 6.45) is 0. The molecule has 3 aromatic rings. The zero-order valence-corrected chi connectivity index (χ0v) is 14.7. The summed E-state index contributed by atoms with van der Waals surface area (Å²) in [4.78, 5) is 23.7. The van der Waals surface area contributed by atoms with Gasteiger partial charge in [0.05, 0.1) is 18.4 Å². The fourth-order valence-electron chi connectivity index (χ4n) is 2.53. The molecule has 2 amide bonds. The molecule has 0 unspecified atom stereocenters. The van der Waals surface area contributed by atoms with Crippen LogP contribution in [0.1, 0.15) is 17.5 Å². The van der Waals surface area contributed by atoms with Gasteiger partial charge in [0.2, 0.25) is 5.91 Å². The van der Waals surface area contributed by atoms with Gasteiger partial charge >= 0.3 is 0 Å². The van der Waals surface area contributed by atoms with Crippen LogP contribution in [0.15, 0.2) is 59.0 Å². The summed E-state index contributed by atoms with van der Waals surface area (Å²) in [6, 6.07) is 14.0. The van der Waals surface area contributed by atoms with Crippen LogP contribution < -0.4 is 15.4 Å². The Bertz CT molecular complexity index is 997. The lowest BCUT2D eigenvalue weighted by Crippen LogP contribution is -2.12. The average Bonchev–Trinajstić information content (AvgIpc) is 3.12. The van der Waals surface area contributed by atoms with Crippen molar-refractivity contribution in [1.82, 2.24) is 0 Å². The molecule has 0 fully saturated rings. The van der Waals surface area contributed by atoms with Crippen LogP contribution in [0.3, 0.4) is 0 Å². The molecule has 0 aliphatic carbocycles. The van der Waals surface area contributed by atoms with Gasteiger partial charge in [-0.2, -0.15) is 0 Å². The van der Waals surface area contributed by atoms with E-state index in [1.807, 2.05) is 0 Å². The number of rotatable bonds is 5. The standard InChI is InChI=1S/C20H17FN2O4/c1-12(24)22-16-11-13(7-8-18(16)26-2)23-20(25)19-10-9-17(27-19)14-5-3-4-6-15(14)21/h3-11H,1-2H3,(H,22,24)(H,23,25). The van der Waals surface area contributed by atoms with Gasteiger partial charge in [-0.05, 0) is 42.5 Å². The number of nitrogens with one attached hydrogen (secondary N) is 2. The molecule has 0 radical (unpaired) electrons. The van der Waals surface area contributed by atoms with Crippen molar-refractivity contribution < 1.29 is 23.1 Å². The van der Waals surface area contributed by atoms with Crippen molar-refractivity contribution in [3.8, 4) is 17.1 Å². The van der Waals surface area contributed by atoms with Crippen molar-refractivity contribution in [1.29, 1.82) is 0 Å². The Morgan fingerprint density at radius 1 is 1.04 bits per heavy atom. The van der Waals surface area contributed by atoms with E-state index in [1.54, 1.807) is 36.4 Å². The number of hydrogen-bond donors (Lipinski definition) is 2. The Kier molecular flexibility index (Phi) is 5.21. The van der Waals surface area contributed by atoms with E-state index < -0.39 is 11.7 Å². The molecule has 0 aliphatic rings. The SMILES string of the molecule is COc1ccc(NC(=O)c2ccc(-c3ccccc3F)o2)cc1NC(C)=O. The molecule has 0 saturated heterocycles. The summed E-state index contributed by atoms with van der Waals surface area (Å²) < 4.78 is 24.5. The predicted octanol–water partition coefficient (Wildman–Crippen LogP) is 4.31. The Balaban J connectivity index is 1.80. The summed E-state index contributed by atoms with van der Waals surface area (Å²) in [6.45, 7) is 1.37. The van der Waals surface area contributed by atoms with Gasteiger partial charge in [-0.1, -0.05) is 12.1 Å². The smallest absolute Gasteiger partial charge is 0.291 e. The molecule has 7 heteroatoms.